The molecule has 2 atom stereocenters. The minimum atomic E-state index is -0.609. The van der Waals surface area contributed by atoms with Crippen LogP contribution in [0, 0.1) is 11.8 Å². The summed E-state index contributed by atoms with van der Waals surface area (Å²) in [6.07, 6.45) is 4.01. The summed E-state index contributed by atoms with van der Waals surface area (Å²) in [5.74, 6) is 0.802. The number of hydrogen-bond donors (Lipinski definition) is 2. The number of aliphatic hydroxyl groups is 2. The molecular formula is C12H26O2. The Morgan fingerprint density at radius 1 is 1.14 bits per heavy atom. The van der Waals surface area contributed by atoms with Gasteiger partial charge in [0.15, 0.2) is 0 Å². The van der Waals surface area contributed by atoms with E-state index in [1.54, 1.807) is 0 Å². The lowest BCUT2D eigenvalue weighted by molar-refractivity contribution is 0.0293. The highest BCUT2D eigenvalue weighted by Crippen LogP contribution is 2.28. The molecule has 86 valence electrons. The summed E-state index contributed by atoms with van der Waals surface area (Å²) in [7, 11) is 0. The molecule has 0 spiro atoms. The topological polar surface area (TPSA) is 40.5 Å². The molecule has 0 fully saturated rings. The van der Waals surface area contributed by atoms with Crippen molar-refractivity contribution in [2.24, 2.45) is 11.8 Å². The summed E-state index contributed by atoms with van der Waals surface area (Å²) in [6, 6.07) is 0. The van der Waals surface area contributed by atoms with Crippen LogP contribution < -0.4 is 0 Å². The van der Waals surface area contributed by atoms with E-state index in [1.165, 1.54) is 0 Å². The molecule has 0 radical (unpaired) electrons. The minimum Gasteiger partial charge on any atom is -0.396 e. The second-order valence-corrected chi connectivity index (χ2v) is 4.92. The molecule has 0 amide bonds. The quantitative estimate of drug-likeness (QED) is 0.666. The van der Waals surface area contributed by atoms with E-state index < -0.39 is 5.60 Å². The van der Waals surface area contributed by atoms with Crippen LogP contribution in [0.15, 0.2) is 0 Å². The molecule has 0 rings (SSSR count). The average Bonchev–Trinajstić information content (AvgIpc) is 2.04. The van der Waals surface area contributed by atoms with Crippen molar-refractivity contribution in [3.63, 3.8) is 0 Å². The van der Waals surface area contributed by atoms with Gasteiger partial charge < -0.3 is 10.2 Å². The highest BCUT2D eigenvalue weighted by atomic mass is 16.3. The van der Waals surface area contributed by atoms with Crippen LogP contribution in [0.5, 0.6) is 0 Å². The molecule has 2 nitrogen and oxygen atoms in total. The highest BCUT2D eigenvalue weighted by Gasteiger charge is 2.25. The molecule has 0 aliphatic carbocycles. The van der Waals surface area contributed by atoms with Gasteiger partial charge in [0.1, 0.15) is 0 Å². The molecule has 0 aliphatic heterocycles. The molecule has 0 saturated heterocycles. The van der Waals surface area contributed by atoms with Crippen LogP contribution in [-0.2, 0) is 0 Å². The van der Waals surface area contributed by atoms with Crippen molar-refractivity contribution in [2.75, 3.05) is 6.61 Å². The van der Waals surface area contributed by atoms with Gasteiger partial charge in [-0.05, 0) is 32.1 Å². The molecule has 0 bridgehead atoms. The zero-order valence-electron chi connectivity index (χ0n) is 10.1. The molecular weight excluding hydrogens is 176 g/mol. The maximum absolute atomic E-state index is 9.77. The Labute approximate surface area is 88.3 Å². The van der Waals surface area contributed by atoms with E-state index in [0.717, 1.165) is 25.7 Å². The SMILES string of the molecule is CCCC(CC(C)(C)O)C(CC)CO. The Bertz CT molecular complexity index is 134. The second-order valence-electron chi connectivity index (χ2n) is 4.92. The fourth-order valence-corrected chi connectivity index (χ4v) is 2.13. The molecule has 0 aromatic rings. The number of aliphatic hydroxyl groups excluding tert-OH is 1. The molecule has 0 aliphatic rings. The Hall–Kier alpha value is -0.0800. The lowest BCUT2D eigenvalue weighted by Gasteiger charge is -2.30. The second kappa shape index (κ2) is 6.41. The Morgan fingerprint density at radius 3 is 2.00 bits per heavy atom. The van der Waals surface area contributed by atoms with Gasteiger partial charge in [-0.25, -0.2) is 0 Å². The molecule has 0 aromatic carbocycles. The first kappa shape index (κ1) is 13.9. The van der Waals surface area contributed by atoms with Gasteiger partial charge in [0, 0.05) is 6.61 Å². The zero-order valence-corrected chi connectivity index (χ0v) is 10.1. The summed E-state index contributed by atoms with van der Waals surface area (Å²) >= 11 is 0. The standard InChI is InChI=1S/C12H26O2/c1-5-7-11(8-12(3,4)14)10(6-2)9-13/h10-11,13-14H,5-9H2,1-4H3. The van der Waals surface area contributed by atoms with Crippen molar-refractivity contribution in [1.29, 1.82) is 0 Å². The van der Waals surface area contributed by atoms with Gasteiger partial charge in [-0.2, -0.15) is 0 Å². The van der Waals surface area contributed by atoms with Crippen LogP contribution in [0.4, 0.5) is 0 Å². The third-order valence-electron chi connectivity index (χ3n) is 2.85. The van der Waals surface area contributed by atoms with Gasteiger partial charge in [0.05, 0.1) is 5.60 Å². The van der Waals surface area contributed by atoms with E-state index in [-0.39, 0.29) is 6.61 Å². The van der Waals surface area contributed by atoms with Gasteiger partial charge in [-0.1, -0.05) is 33.1 Å². The predicted octanol–water partition coefficient (Wildman–Crippen LogP) is 2.58. The summed E-state index contributed by atoms with van der Waals surface area (Å²) in [5.41, 5.74) is -0.609. The van der Waals surface area contributed by atoms with Crippen LogP contribution in [0.1, 0.15) is 53.4 Å². The van der Waals surface area contributed by atoms with Crippen LogP contribution in [0.3, 0.4) is 0 Å². The van der Waals surface area contributed by atoms with Gasteiger partial charge in [0.25, 0.3) is 0 Å². The van der Waals surface area contributed by atoms with Crippen LogP contribution in [0.2, 0.25) is 0 Å². The van der Waals surface area contributed by atoms with E-state index in [4.69, 9.17) is 0 Å². The molecule has 2 unspecified atom stereocenters. The third kappa shape index (κ3) is 5.61. The van der Waals surface area contributed by atoms with E-state index in [1.807, 2.05) is 13.8 Å². The molecule has 2 heteroatoms. The molecule has 2 N–H and O–H groups in total. The number of hydrogen-bond acceptors (Lipinski definition) is 2. The lowest BCUT2D eigenvalue weighted by atomic mass is 9.80. The van der Waals surface area contributed by atoms with E-state index in [2.05, 4.69) is 13.8 Å². The van der Waals surface area contributed by atoms with Crippen LogP contribution >= 0.6 is 0 Å². The van der Waals surface area contributed by atoms with Crippen molar-refractivity contribution < 1.29 is 10.2 Å². The summed E-state index contributed by atoms with van der Waals surface area (Å²) < 4.78 is 0. The Balaban J connectivity index is 4.26. The van der Waals surface area contributed by atoms with Crippen molar-refractivity contribution in [3.05, 3.63) is 0 Å². The monoisotopic (exact) mass is 202 g/mol. The molecule has 0 aromatic heterocycles. The largest absolute Gasteiger partial charge is 0.396 e. The van der Waals surface area contributed by atoms with E-state index >= 15 is 0 Å². The van der Waals surface area contributed by atoms with Crippen molar-refractivity contribution in [2.45, 2.75) is 59.0 Å². The van der Waals surface area contributed by atoms with Gasteiger partial charge in [0.2, 0.25) is 0 Å². The average molecular weight is 202 g/mol. The molecule has 0 heterocycles. The van der Waals surface area contributed by atoms with Crippen molar-refractivity contribution in [1.82, 2.24) is 0 Å². The first-order valence-electron chi connectivity index (χ1n) is 5.77. The van der Waals surface area contributed by atoms with Crippen LogP contribution in [0.25, 0.3) is 0 Å². The Morgan fingerprint density at radius 2 is 1.71 bits per heavy atom. The normalized spacial score (nSPS) is 16.7. The lowest BCUT2D eigenvalue weighted by Crippen LogP contribution is -2.28. The summed E-state index contributed by atoms with van der Waals surface area (Å²) in [5, 5.41) is 19.0. The fraction of sp³-hybridized carbons (Fsp3) is 1.00. The van der Waals surface area contributed by atoms with E-state index in [0.29, 0.717) is 11.8 Å². The smallest absolute Gasteiger partial charge is 0.0594 e. The predicted molar refractivity (Wildman–Crippen MR) is 60.2 cm³/mol. The highest BCUT2D eigenvalue weighted by molar-refractivity contribution is 4.76. The minimum absolute atomic E-state index is 0.247. The molecule has 0 saturated carbocycles. The third-order valence-corrected chi connectivity index (χ3v) is 2.85. The zero-order chi connectivity index (χ0) is 11.2. The van der Waals surface area contributed by atoms with E-state index in [9.17, 15) is 10.2 Å². The summed E-state index contributed by atoms with van der Waals surface area (Å²) in [4.78, 5) is 0. The Kier molecular flexibility index (Phi) is 6.38. The van der Waals surface area contributed by atoms with Gasteiger partial charge >= 0.3 is 0 Å². The van der Waals surface area contributed by atoms with Gasteiger partial charge in [-0.3, -0.25) is 0 Å². The van der Waals surface area contributed by atoms with Crippen LogP contribution in [-0.4, -0.2) is 22.4 Å². The van der Waals surface area contributed by atoms with Crippen molar-refractivity contribution >= 4 is 0 Å². The maximum Gasteiger partial charge on any atom is 0.0594 e. The number of rotatable bonds is 7. The summed E-state index contributed by atoms with van der Waals surface area (Å²) in [6.45, 7) is 8.20. The first-order chi connectivity index (χ1) is 6.44. The first-order valence-corrected chi connectivity index (χ1v) is 5.77. The maximum atomic E-state index is 9.77. The fourth-order valence-electron chi connectivity index (χ4n) is 2.13. The van der Waals surface area contributed by atoms with Crippen molar-refractivity contribution in [3.8, 4) is 0 Å². The molecule has 14 heavy (non-hydrogen) atoms. The van der Waals surface area contributed by atoms with Gasteiger partial charge in [-0.15, -0.1) is 0 Å².